The molecule has 0 spiro atoms. The second-order valence-corrected chi connectivity index (χ2v) is 6.91. The van der Waals surface area contributed by atoms with Crippen LogP contribution in [0.1, 0.15) is 5.56 Å². The third kappa shape index (κ3) is 2.26. The Morgan fingerprint density at radius 2 is 1.38 bits per heavy atom. The Kier molecular flexibility index (Phi) is 3.26. The second kappa shape index (κ2) is 5.63. The molecule has 0 atom stereocenters. The normalized spacial score (nSPS) is 11.5. The molecule has 0 radical (unpaired) electrons. The molecule has 2 heteroatoms. The molecule has 1 aromatic heterocycles. The van der Waals surface area contributed by atoms with E-state index < -0.39 is 0 Å². The molecule has 5 aromatic rings. The highest BCUT2D eigenvalue weighted by atomic mass is 15.0. The number of nitrogens with zero attached hydrogens (tertiary/aromatic N) is 2. The average Bonchev–Trinajstić information content (AvgIpc) is 2.67. The van der Waals surface area contributed by atoms with E-state index in [2.05, 4.69) is 97.5 Å². The van der Waals surface area contributed by atoms with Crippen LogP contribution in [0.2, 0.25) is 0 Å². The molecule has 5 rings (SSSR count). The van der Waals surface area contributed by atoms with Crippen molar-refractivity contribution in [3.05, 3.63) is 84.6 Å². The summed E-state index contributed by atoms with van der Waals surface area (Å²) >= 11 is 0. The van der Waals surface area contributed by atoms with Gasteiger partial charge in [-0.15, -0.1) is 0 Å². The monoisotopic (exact) mass is 335 g/mol. The van der Waals surface area contributed by atoms with Crippen LogP contribution in [0.15, 0.2) is 79.0 Å². The van der Waals surface area contributed by atoms with E-state index in [-0.39, 0.29) is 0 Å². The van der Waals surface area contributed by atoms with Crippen LogP contribution in [0.4, 0.5) is 0 Å². The van der Waals surface area contributed by atoms with E-state index in [9.17, 15) is 0 Å². The maximum atomic E-state index is 5.10. The van der Waals surface area contributed by atoms with Crippen LogP contribution < -0.4 is 4.57 Å². The zero-order valence-corrected chi connectivity index (χ0v) is 14.9. The van der Waals surface area contributed by atoms with Gasteiger partial charge in [0, 0.05) is 5.39 Å². The summed E-state index contributed by atoms with van der Waals surface area (Å²) in [5.41, 5.74) is 3.48. The van der Waals surface area contributed by atoms with Crippen molar-refractivity contribution in [2.45, 2.75) is 6.92 Å². The Labute approximate surface area is 152 Å². The van der Waals surface area contributed by atoms with Crippen molar-refractivity contribution < 1.29 is 4.57 Å². The van der Waals surface area contributed by atoms with E-state index >= 15 is 0 Å². The molecule has 0 fully saturated rings. The lowest BCUT2D eigenvalue weighted by molar-refractivity contribution is -0.661. The first-order chi connectivity index (χ1) is 12.7. The molecule has 0 aliphatic heterocycles. The zero-order valence-electron chi connectivity index (χ0n) is 14.9. The maximum absolute atomic E-state index is 5.10. The van der Waals surface area contributed by atoms with E-state index in [4.69, 9.17) is 4.98 Å². The van der Waals surface area contributed by atoms with Crippen LogP contribution in [0.3, 0.4) is 0 Å². The van der Waals surface area contributed by atoms with Gasteiger partial charge in [-0.1, -0.05) is 54.6 Å². The highest BCUT2D eigenvalue weighted by molar-refractivity contribution is 6.05. The first-order valence-corrected chi connectivity index (χ1v) is 8.88. The van der Waals surface area contributed by atoms with Crippen LogP contribution in [0.5, 0.6) is 0 Å². The molecular formula is C24H19N2+. The van der Waals surface area contributed by atoms with Gasteiger partial charge in [0.05, 0.1) is 18.0 Å². The third-order valence-corrected chi connectivity index (χ3v) is 5.15. The van der Waals surface area contributed by atoms with Crippen LogP contribution >= 0.6 is 0 Å². The molecule has 0 unspecified atom stereocenters. The second-order valence-electron chi connectivity index (χ2n) is 6.91. The van der Waals surface area contributed by atoms with E-state index in [0.29, 0.717) is 0 Å². The molecule has 2 nitrogen and oxygen atoms in total. The fourth-order valence-corrected chi connectivity index (χ4v) is 3.80. The van der Waals surface area contributed by atoms with Gasteiger partial charge in [-0.3, -0.25) is 0 Å². The van der Waals surface area contributed by atoms with Crippen LogP contribution in [-0.4, -0.2) is 4.98 Å². The van der Waals surface area contributed by atoms with Gasteiger partial charge in [0.15, 0.2) is 5.52 Å². The SMILES string of the molecule is Cc1cc2ccccc2cc1-c1nc2c(ccc3ccccc32)c[n+]1C. The predicted molar refractivity (Wildman–Crippen MR) is 108 cm³/mol. The van der Waals surface area contributed by atoms with Gasteiger partial charge in [0.2, 0.25) is 0 Å². The first kappa shape index (κ1) is 15.0. The van der Waals surface area contributed by atoms with Crippen molar-refractivity contribution in [1.29, 1.82) is 0 Å². The number of hydrogen-bond donors (Lipinski definition) is 0. The number of fused-ring (bicyclic) bond motifs is 4. The highest BCUT2D eigenvalue weighted by Crippen LogP contribution is 2.28. The predicted octanol–water partition coefficient (Wildman–Crippen LogP) is 5.34. The summed E-state index contributed by atoms with van der Waals surface area (Å²) in [6.45, 7) is 2.16. The number of aryl methyl sites for hydroxylation is 2. The van der Waals surface area contributed by atoms with E-state index in [1.165, 1.54) is 32.7 Å². The lowest BCUT2D eigenvalue weighted by atomic mass is 10.0. The molecular weight excluding hydrogens is 316 g/mol. The Morgan fingerprint density at radius 1 is 0.731 bits per heavy atom. The van der Waals surface area contributed by atoms with Gasteiger partial charge in [-0.2, -0.15) is 0 Å². The quantitative estimate of drug-likeness (QED) is 0.298. The molecule has 0 N–H and O–H groups in total. The van der Waals surface area contributed by atoms with Gasteiger partial charge in [0.1, 0.15) is 6.20 Å². The minimum absolute atomic E-state index is 0.997. The van der Waals surface area contributed by atoms with Crippen LogP contribution in [0.25, 0.3) is 43.8 Å². The summed E-state index contributed by atoms with van der Waals surface area (Å²) in [6.07, 6.45) is 2.18. The zero-order chi connectivity index (χ0) is 17.7. The minimum atomic E-state index is 0.997. The summed E-state index contributed by atoms with van der Waals surface area (Å²) in [5.74, 6) is 0.997. The van der Waals surface area contributed by atoms with Crippen LogP contribution in [0, 0.1) is 6.92 Å². The Hall–Kier alpha value is -3.26. The summed E-state index contributed by atoms with van der Waals surface area (Å²) in [4.78, 5) is 5.10. The summed E-state index contributed by atoms with van der Waals surface area (Å²) in [5, 5.41) is 6.09. The van der Waals surface area contributed by atoms with Crippen molar-refractivity contribution in [3.63, 3.8) is 0 Å². The fraction of sp³-hybridized carbons (Fsp3) is 0.0833. The van der Waals surface area contributed by atoms with Gasteiger partial charge in [-0.05, 0) is 51.8 Å². The number of aromatic nitrogens is 2. The van der Waals surface area contributed by atoms with Gasteiger partial charge in [-0.25, -0.2) is 4.57 Å². The molecule has 0 amide bonds. The maximum Gasteiger partial charge on any atom is 0.331 e. The van der Waals surface area contributed by atoms with Crippen molar-refractivity contribution in [2.75, 3.05) is 0 Å². The van der Waals surface area contributed by atoms with E-state index in [1.54, 1.807) is 0 Å². The minimum Gasteiger partial charge on any atom is -0.232 e. The van der Waals surface area contributed by atoms with Crippen molar-refractivity contribution in [2.24, 2.45) is 7.05 Å². The summed E-state index contributed by atoms with van der Waals surface area (Å²) < 4.78 is 2.13. The Balaban J connectivity index is 1.85. The molecule has 0 bridgehead atoms. The summed E-state index contributed by atoms with van der Waals surface area (Å²) in [7, 11) is 2.07. The highest BCUT2D eigenvalue weighted by Gasteiger charge is 2.19. The number of benzene rings is 4. The molecule has 0 saturated heterocycles. The molecule has 0 aliphatic rings. The summed E-state index contributed by atoms with van der Waals surface area (Å²) in [6, 6.07) is 25.8. The molecule has 124 valence electrons. The topological polar surface area (TPSA) is 16.8 Å². The fourth-order valence-electron chi connectivity index (χ4n) is 3.80. The van der Waals surface area contributed by atoms with E-state index in [0.717, 1.165) is 16.7 Å². The average molecular weight is 335 g/mol. The van der Waals surface area contributed by atoms with Crippen molar-refractivity contribution in [1.82, 2.24) is 4.98 Å². The first-order valence-electron chi connectivity index (χ1n) is 8.88. The number of hydrogen-bond acceptors (Lipinski definition) is 1. The van der Waals surface area contributed by atoms with Gasteiger partial charge >= 0.3 is 5.82 Å². The van der Waals surface area contributed by atoms with Crippen LogP contribution in [-0.2, 0) is 7.05 Å². The number of rotatable bonds is 1. The molecule has 26 heavy (non-hydrogen) atoms. The Morgan fingerprint density at radius 3 is 2.19 bits per heavy atom. The standard InChI is InChI=1S/C24H19N2/c1-16-13-18-8-3-4-9-19(18)14-22(16)24-25-23-20(15-26(24)2)12-11-17-7-5-6-10-21(17)23/h3-15H,1-2H3/q+1. The van der Waals surface area contributed by atoms with Crippen molar-refractivity contribution in [3.8, 4) is 11.4 Å². The molecule has 4 aromatic carbocycles. The third-order valence-electron chi connectivity index (χ3n) is 5.15. The lowest BCUT2D eigenvalue weighted by Gasteiger charge is -2.07. The molecule has 1 heterocycles. The van der Waals surface area contributed by atoms with Gasteiger partial charge < -0.3 is 0 Å². The lowest BCUT2D eigenvalue weighted by Crippen LogP contribution is -2.32. The largest absolute Gasteiger partial charge is 0.331 e. The smallest absolute Gasteiger partial charge is 0.232 e. The van der Waals surface area contributed by atoms with Crippen molar-refractivity contribution >= 4 is 32.4 Å². The van der Waals surface area contributed by atoms with Gasteiger partial charge in [0.25, 0.3) is 0 Å². The van der Waals surface area contributed by atoms with E-state index in [1.807, 2.05) is 0 Å². The molecule has 0 aliphatic carbocycles. The Bertz CT molecular complexity index is 1300. The molecule has 0 saturated carbocycles.